The van der Waals surface area contributed by atoms with Gasteiger partial charge in [-0.25, -0.2) is 4.57 Å². The Balaban J connectivity index is 0.00000272. The van der Waals surface area contributed by atoms with Crippen molar-refractivity contribution in [1.82, 2.24) is 10.2 Å². The minimum absolute atomic E-state index is 0. The van der Waals surface area contributed by atoms with Gasteiger partial charge < -0.3 is 24.4 Å². The summed E-state index contributed by atoms with van der Waals surface area (Å²) in [6.45, 7) is 1.36. The molecule has 2 aromatic rings. The van der Waals surface area contributed by atoms with Crippen LogP contribution in [0.2, 0.25) is 0 Å². The number of halogens is 1. The number of nitrogens with one attached hydrogen (secondary N) is 1. The molecule has 168 valence electrons. The van der Waals surface area contributed by atoms with Crippen LogP contribution in [0.15, 0.2) is 48.5 Å². The van der Waals surface area contributed by atoms with Crippen LogP contribution in [-0.4, -0.2) is 47.9 Å². The highest BCUT2D eigenvalue weighted by Crippen LogP contribution is 2.58. The summed E-state index contributed by atoms with van der Waals surface area (Å²) in [7, 11) is -2.33. The molecule has 2 aliphatic rings. The monoisotopic (exact) mass is 466 g/mol. The van der Waals surface area contributed by atoms with Gasteiger partial charge in [-0.05, 0) is 44.4 Å². The number of carbonyl (C=O) groups is 1. The van der Waals surface area contributed by atoms with Gasteiger partial charge in [0.05, 0.1) is 6.04 Å². The Hall–Kier alpha value is -2.05. The summed E-state index contributed by atoms with van der Waals surface area (Å²) in [5, 5.41) is 13.5. The number of amides is 1. The molecule has 2 saturated heterocycles. The second-order valence-electron chi connectivity index (χ2n) is 7.63. The quantitative estimate of drug-likeness (QED) is 0.613. The van der Waals surface area contributed by atoms with Crippen LogP contribution in [0, 0.1) is 0 Å². The maximum Gasteiger partial charge on any atom is 0.401 e. The molecule has 1 amide bonds. The molecule has 0 bridgehead atoms. The molecule has 0 aromatic heterocycles. The van der Waals surface area contributed by atoms with Crippen LogP contribution in [0.5, 0.6) is 11.5 Å². The van der Waals surface area contributed by atoms with Crippen LogP contribution in [-0.2, 0) is 13.9 Å². The zero-order valence-electron chi connectivity index (χ0n) is 17.4. The molecule has 0 radical (unpaired) electrons. The van der Waals surface area contributed by atoms with E-state index in [1.807, 2.05) is 12.1 Å². The number of rotatable bonds is 6. The zero-order valence-corrected chi connectivity index (χ0v) is 19.1. The summed E-state index contributed by atoms with van der Waals surface area (Å²) in [6, 6.07) is 13.8. The highest BCUT2D eigenvalue weighted by Gasteiger charge is 2.47. The molecule has 2 aliphatic heterocycles. The van der Waals surface area contributed by atoms with E-state index >= 15 is 0 Å². The van der Waals surface area contributed by atoms with Crippen molar-refractivity contribution in [2.45, 2.75) is 37.5 Å². The maximum atomic E-state index is 13.8. The standard InChI is InChI=1S/C22H27N2O5P.ClH/c1-28-30(27,21-13-7-15-24(21)22(26)18-10-6-14-23-18)29-20-12-5-3-9-17(20)16-8-2-4-11-19(16)25;/h2-5,8-9,11-12,18,21,23,25H,6-7,10,13-15H2,1H3;1H/t18-,21?,30?;/m0./s1. The number of likely N-dealkylation sites (tertiary alicyclic amines) is 1. The summed E-state index contributed by atoms with van der Waals surface area (Å²) in [5.74, 6) is -0.215. The summed E-state index contributed by atoms with van der Waals surface area (Å²) in [4.78, 5) is 14.7. The molecule has 7 nitrogen and oxygen atoms in total. The van der Waals surface area contributed by atoms with Gasteiger partial charge in [-0.15, -0.1) is 12.4 Å². The van der Waals surface area contributed by atoms with Gasteiger partial charge in [0, 0.05) is 24.8 Å². The van der Waals surface area contributed by atoms with Crippen LogP contribution in [0.25, 0.3) is 11.1 Å². The Morgan fingerprint density at radius 1 is 1.10 bits per heavy atom. The van der Waals surface area contributed by atoms with Gasteiger partial charge in [-0.2, -0.15) is 0 Å². The van der Waals surface area contributed by atoms with E-state index in [4.69, 9.17) is 9.05 Å². The first-order valence-corrected chi connectivity index (χ1v) is 11.9. The zero-order chi connectivity index (χ0) is 21.1. The SMILES string of the molecule is COP(=O)(Oc1ccccc1-c1ccccc1O)C1CCCN1C(=O)[C@@H]1CCCN1.Cl. The normalized spacial score (nSPS) is 22.5. The highest BCUT2D eigenvalue weighted by molar-refractivity contribution is 7.55. The number of phenols is 1. The summed E-state index contributed by atoms with van der Waals surface area (Å²) in [5.41, 5.74) is 1.19. The van der Waals surface area contributed by atoms with Gasteiger partial charge in [0.15, 0.2) is 0 Å². The Morgan fingerprint density at radius 2 is 1.81 bits per heavy atom. The van der Waals surface area contributed by atoms with Crippen molar-refractivity contribution in [2.24, 2.45) is 0 Å². The van der Waals surface area contributed by atoms with E-state index in [0.29, 0.717) is 29.8 Å². The fourth-order valence-corrected chi connectivity index (χ4v) is 6.20. The largest absolute Gasteiger partial charge is 0.507 e. The van der Waals surface area contributed by atoms with E-state index in [0.717, 1.165) is 25.8 Å². The van der Waals surface area contributed by atoms with Crippen molar-refractivity contribution in [3.63, 3.8) is 0 Å². The van der Waals surface area contributed by atoms with E-state index in [1.165, 1.54) is 7.11 Å². The van der Waals surface area contributed by atoms with Crippen LogP contribution >= 0.6 is 20.0 Å². The minimum Gasteiger partial charge on any atom is -0.507 e. The molecule has 4 rings (SSSR count). The van der Waals surface area contributed by atoms with Crippen LogP contribution < -0.4 is 9.84 Å². The van der Waals surface area contributed by atoms with Crippen molar-refractivity contribution >= 4 is 25.9 Å². The topological polar surface area (TPSA) is 88.1 Å². The van der Waals surface area contributed by atoms with Crippen molar-refractivity contribution in [2.75, 3.05) is 20.2 Å². The Labute approximate surface area is 188 Å². The summed E-state index contributed by atoms with van der Waals surface area (Å²) >= 11 is 0. The van der Waals surface area contributed by atoms with Gasteiger partial charge in [0.2, 0.25) is 5.91 Å². The van der Waals surface area contributed by atoms with Crippen molar-refractivity contribution in [3.8, 4) is 22.6 Å². The lowest BCUT2D eigenvalue weighted by Crippen LogP contribution is -2.46. The number of nitrogens with zero attached hydrogens (tertiary/aromatic N) is 1. The molecule has 3 atom stereocenters. The van der Waals surface area contributed by atoms with Gasteiger partial charge >= 0.3 is 7.60 Å². The number of hydrogen-bond donors (Lipinski definition) is 2. The lowest BCUT2D eigenvalue weighted by Gasteiger charge is -2.32. The molecule has 2 heterocycles. The van der Waals surface area contributed by atoms with Crippen molar-refractivity contribution in [1.29, 1.82) is 0 Å². The van der Waals surface area contributed by atoms with Crippen LogP contribution in [0.4, 0.5) is 0 Å². The third-order valence-electron chi connectivity index (χ3n) is 5.79. The second kappa shape index (κ2) is 10.0. The Kier molecular flexibility index (Phi) is 7.65. The predicted molar refractivity (Wildman–Crippen MR) is 122 cm³/mol. The molecule has 0 spiro atoms. The van der Waals surface area contributed by atoms with Crippen molar-refractivity contribution in [3.05, 3.63) is 48.5 Å². The molecular formula is C22H28ClN2O5P. The average Bonchev–Trinajstić information content (AvgIpc) is 3.47. The fourth-order valence-electron chi connectivity index (χ4n) is 4.26. The van der Waals surface area contributed by atoms with E-state index in [2.05, 4.69) is 5.32 Å². The number of benzene rings is 2. The van der Waals surface area contributed by atoms with Crippen molar-refractivity contribution < 1.29 is 23.5 Å². The first-order valence-electron chi connectivity index (χ1n) is 10.3. The van der Waals surface area contributed by atoms with E-state index < -0.39 is 13.4 Å². The molecule has 2 fully saturated rings. The second-order valence-corrected chi connectivity index (χ2v) is 9.85. The number of carbonyl (C=O) groups excluding carboxylic acids is 1. The molecule has 9 heteroatoms. The molecule has 2 aromatic carbocycles. The molecule has 0 saturated carbocycles. The molecule has 2 unspecified atom stereocenters. The van der Waals surface area contributed by atoms with Crippen LogP contribution in [0.1, 0.15) is 25.7 Å². The third kappa shape index (κ3) is 4.75. The van der Waals surface area contributed by atoms with Gasteiger partial charge in [0.25, 0.3) is 0 Å². The number of aromatic hydroxyl groups is 1. The fraction of sp³-hybridized carbons (Fsp3) is 0.409. The number of hydrogen-bond acceptors (Lipinski definition) is 6. The van der Waals surface area contributed by atoms with Gasteiger partial charge in [0.1, 0.15) is 17.3 Å². The van der Waals surface area contributed by atoms with E-state index in [-0.39, 0.29) is 30.1 Å². The van der Waals surface area contributed by atoms with E-state index in [1.54, 1.807) is 41.3 Å². The Bertz CT molecular complexity index is 966. The number of phenolic OH excluding ortho intramolecular Hbond substituents is 1. The summed E-state index contributed by atoms with van der Waals surface area (Å²) < 4.78 is 25.3. The van der Waals surface area contributed by atoms with E-state index in [9.17, 15) is 14.5 Å². The smallest absolute Gasteiger partial charge is 0.401 e. The molecule has 2 N–H and O–H groups in total. The molecular weight excluding hydrogens is 439 g/mol. The first kappa shape index (κ1) is 23.6. The summed E-state index contributed by atoms with van der Waals surface area (Å²) in [6.07, 6.45) is 3.06. The third-order valence-corrected chi connectivity index (χ3v) is 8.02. The molecule has 0 aliphatic carbocycles. The predicted octanol–water partition coefficient (Wildman–Crippen LogP) is 4.40. The van der Waals surface area contributed by atoms with Crippen LogP contribution in [0.3, 0.4) is 0 Å². The minimum atomic E-state index is -3.69. The number of para-hydroxylation sites is 2. The van der Waals surface area contributed by atoms with Gasteiger partial charge in [-0.1, -0.05) is 36.4 Å². The lowest BCUT2D eigenvalue weighted by molar-refractivity contribution is -0.132. The van der Waals surface area contributed by atoms with Gasteiger partial charge in [-0.3, -0.25) is 4.79 Å². The average molecular weight is 467 g/mol. The maximum absolute atomic E-state index is 13.8. The highest BCUT2D eigenvalue weighted by atomic mass is 35.5. The lowest BCUT2D eigenvalue weighted by atomic mass is 10.0. The molecule has 31 heavy (non-hydrogen) atoms. The Morgan fingerprint density at radius 3 is 2.48 bits per heavy atom. The first-order chi connectivity index (χ1) is 14.5.